The molecule has 0 fully saturated rings. The zero-order valence-electron chi connectivity index (χ0n) is 11.3. The van der Waals surface area contributed by atoms with Crippen LogP contribution >= 0.6 is 0 Å². The predicted molar refractivity (Wildman–Crippen MR) is 73.1 cm³/mol. The lowest BCUT2D eigenvalue weighted by atomic mass is 9.97. The zero-order chi connectivity index (χ0) is 13.4. The average molecular weight is 244 g/mol. The van der Waals surface area contributed by atoms with Gasteiger partial charge in [-0.15, -0.1) is 5.92 Å². The summed E-state index contributed by atoms with van der Waals surface area (Å²) in [5.41, 5.74) is 1.00. The van der Waals surface area contributed by atoms with Crippen molar-refractivity contribution in [1.82, 2.24) is 0 Å². The van der Waals surface area contributed by atoms with Gasteiger partial charge >= 0.3 is 5.97 Å². The Morgan fingerprint density at radius 3 is 2.39 bits per heavy atom. The molecule has 0 aromatic heterocycles. The third-order valence-corrected chi connectivity index (χ3v) is 2.83. The van der Waals surface area contributed by atoms with Crippen molar-refractivity contribution in [2.45, 2.75) is 45.6 Å². The number of ether oxygens (including phenoxy) is 1. The summed E-state index contributed by atoms with van der Waals surface area (Å²) in [6, 6.07) is 9.74. The number of benzene rings is 1. The first-order valence-electron chi connectivity index (χ1n) is 6.40. The van der Waals surface area contributed by atoms with Gasteiger partial charge in [0, 0.05) is 0 Å². The first kappa shape index (κ1) is 14.3. The third-order valence-electron chi connectivity index (χ3n) is 2.83. The standard InChI is InChI=1S/C16H20O2/c1-4-10-14(5-2)18-16(17)15(6-3)13-11-8-7-9-12-13/h7-9,11-12,14-15H,5-6H2,1-3H3. The molecule has 0 saturated carbocycles. The number of carbonyl (C=O) groups is 1. The molecule has 2 atom stereocenters. The van der Waals surface area contributed by atoms with Crippen molar-refractivity contribution in [3.8, 4) is 11.8 Å². The van der Waals surface area contributed by atoms with Crippen molar-refractivity contribution < 1.29 is 9.53 Å². The first-order chi connectivity index (χ1) is 8.72. The molecule has 96 valence electrons. The van der Waals surface area contributed by atoms with Gasteiger partial charge in [0.2, 0.25) is 0 Å². The van der Waals surface area contributed by atoms with Gasteiger partial charge in [0.05, 0.1) is 5.92 Å². The molecule has 1 aromatic rings. The van der Waals surface area contributed by atoms with Crippen LogP contribution in [0.15, 0.2) is 30.3 Å². The van der Waals surface area contributed by atoms with E-state index in [1.54, 1.807) is 6.92 Å². The summed E-state index contributed by atoms with van der Waals surface area (Å²) in [6.07, 6.45) is 1.16. The van der Waals surface area contributed by atoms with Crippen molar-refractivity contribution in [2.24, 2.45) is 0 Å². The Balaban J connectivity index is 2.76. The highest BCUT2D eigenvalue weighted by Gasteiger charge is 2.22. The molecule has 2 unspecified atom stereocenters. The molecule has 0 radical (unpaired) electrons. The Bertz CT molecular complexity index is 425. The number of hydrogen-bond donors (Lipinski definition) is 0. The van der Waals surface area contributed by atoms with Crippen molar-refractivity contribution >= 4 is 5.97 Å². The Kier molecular flexibility index (Phi) is 6.00. The van der Waals surface area contributed by atoms with E-state index >= 15 is 0 Å². The fourth-order valence-electron chi connectivity index (χ4n) is 1.82. The quantitative estimate of drug-likeness (QED) is 0.585. The third kappa shape index (κ3) is 3.92. The van der Waals surface area contributed by atoms with Crippen molar-refractivity contribution in [3.63, 3.8) is 0 Å². The van der Waals surface area contributed by atoms with Crippen LogP contribution in [-0.4, -0.2) is 12.1 Å². The Morgan fingerprint density at radius 1 is 1.22 bits per heavy atom. The summed E-state index contributed by atoms with van der Waals surface area (Å²) in [7, 11) is 0. The molecular formula is C16H20O2. The van der Waals surface area contributed by atoms with Gasteiger partial charge in [-0.3, -0.25) is 4.79 Å². The molecule has 0 heterocycles. The second-order valence-electron chi connectivity index (χ2n) is 4.10. The van der Waals surface area contributed by atoms with E-state index in [9.17, 15) is 4.79 Å². The summed E-state index contributed by atoms with van der Waals surface area (Å²) in [5, 5.41) is 0. The number of esters is 1. The minimum absolute atomic E-state index is 0.182. The van der Waals surface area contributed by atoms with E-state index in [2.05, 4.69) is 11.8 Å². The molecule has 1 rings (SSSR count). The van der Waals surface area contributed by atoms with Gasteiger partial charge in [-0.25, -0.2) is 0 Å². The molecule has 0 aliphatic carbocycles. The second-order valence-corrected chi connectivity index (χ2v) is 4.10. The van der Waals surface area contributed by atoms with Crippen molar-refractivity contribution in [2.75, 3.05) is 0 Å². The van der Waals surface area contributed by atoms with E-state index in [1.165, 1.54) is 0 Å². The van der Waals surface area contributed by atoms with Crippen LogP contribution in [0.3, 0.4) is 0 Å². The number of rotatable bonds is 5. The summed E-state index contributed by atoms with van der Waals surface area (Å²) in [4.78, 5) is 12.1. The SMILES string of the molecule is CC#CC(CC)OC(=O)C(CC)c1ccccc1. The summed E-state index contributed by atoms with van der Waals surface area (Å²) in [5.74, 6) is 5.32. The van der Waals surface area contributed by atoms with Gasteiger partial charge in [0.25, 0.3) is 0 Å². The minimum atomic E-state index is -0.291. The molecule has 0 amide bonds. The van der Waals surface area contributed by atoms with Crippen LogP contribution in [0.2, 0.25) is 0 Å². The van der Waals surface area contributed by atoms with E-state index in [-0.39, 0.29) is 18.0 Å². The highest BCUT2D eigenvalue weighted by Crippen LogP contribution is 2.21. The molecular weight excluding hydrogens is 224 g/mol. The Morgan fingerprint density at radius 2 is 1.89 bits per heavy atom. The maximum absolute atomic E-state index is 12.1. The number of hydrogen-bond acceptors (Lipinski definition) is 2. The molecule has 2 heteroatoms. The van der Waals surface area contributed by atoms with Crippen LogP contribution in [0.1, 0.15) is 45.1 Å². The monoisotopic (exact) mass is 244 g/mol. The van der Waals surface area contributed by atoms with Crippen LogP contribution in [-0.2, 0) is 9.53 Å². The molecule has 18 heavy (non-hydrogen) atoms. The highest BCUT2D eigenvalue weighted by atomic mass is 16.5. The Hall–Kier alpha value is -1.75. The molecule has 0 aliphatic heterocycles. The first-order valence-corrected chi connectivity index (χ1v) is 6.40. The fourth-order valence-corrected chi connectivity index (χ4v) is 1.82. The molecule has 1 aromatic carbocycles. The van der Waals surface area contributed by atoms with Crippen LogP contribution in [0.5, 0.6) is 0 Å². The van der Waals surface area contributed by atoms with Gasteiger partial charge in [0.1, 0.15) is 0 Å². The lowest BCUT2D eigenvalue weighted by Crippen LogP contribution is -2.21. The molecule has 0 N–H and O–H groups in total. The van der Waals surface area contributed by atoms with E-state index in [4.69, 9.17) is 4.74 Å². The van der Waals surface area contributed by atoms with Crippen LogP contribution in [0.4, 0.5) is 0 Å². The molecule has 0 spiro atoms. The molecule has 0 aliphatic rings. The Labute approximate surface area is 109 Å². The highest BCUT2D eigenvalue weighted by molar-refractivity contribution is 5.78. The topological polar surface area (TPSA) is 26.3 Å². The van der Waals surface area contributed by atoms with Crippen molar-refractivity contribution in [1.29, 1.82) is 0 Å². The van der Waals surface area contributed by atoms with Crippen molar-refractivity contribution in [3.05, 3.63) is 35.9 Å². The van der Waals surface area contributed by atoms with Gasteiger partial charge in [-0.05, 0) is 25.3 Å². The smallest absolute Gasteiger partial charge is 0.314 e. The van der Waals surface area contributed by atoms with E-state index in [0.717, 1.165) is 18.4 Å². The van der Waals surface area contributed by atoms with Crippen LogP contribution in [0.25, 0.3) is 0 Å². The van der Waals surface area contributed by atoms with Crippen LogP contribution in [0, 0.1) is 11.8 Å². The van der Waals surface area contributed by atoms with Gasteiger partial charge in [-0.2, -0.15) is 0 Å². The second kappa shape index (κ2) is 7.55. The summed E-state index contributed by atoms with van der Waals surface area (Å²) >= 11 is 0. The summed E-state index contributed by atoms with van der Waals surface area (Å²) in [6.45, 7) is 5.71. The normalized spacial score (nSPS) is 13.1. The minimum Gasteiger partial charge on any atom is -0.449 e. The predicted octanol–water partition coefficient (Wildman–Crippen LogP) is 3.53. The molecule has 2 nitrogen and oxygen atoms in total. The maximum Gasteiger partial charge on any atom is 0.314 e. The van der Waals surface area contributed by atoms with Gasteiger partial charge in [-0.1, -0.05) is 50.1 Å². The largest absolute Gasteiger partial charge is 0.449 e. The van der Waals surface area contributed by atoms with Gasteiger partial charge in [0.15, 0.2) is 6.10 Å². The lowest BCUT2D eigenvalue weighted by molar-refractivity contribution is -0.148. The zero-order valence-corrected chi connectivity index (χ0v) is 11.3. The van der Waals surface area contributed by atoms with Gasteiger partial charge < -0.3 is 4.74 Å². The molecule has 0 saturated heterocycles. The van der Waals surface area contributed by atoms with E-state index in [1.807, 2.05) is 44.2 Å². The maximum atomic E-state index is 12.1. The summed E-state index contributed by atoms with van der Waals surface area (Å²) < 4.78 is 5.43. The fraction of sp³-hybridized carbons (Fsp3) is 0.438. The molecule has 0 bridgehead atoms. The number of carbonyl (C=O) groups excluding carboxylic acids is 1. The van der Waals surface area contributed by atoms with E-state index in [0.29, 0.717) is 0 Å². The average Bonchev–Trinajstić information content (AvgIpc) is 2.40. The van der Waals surface area contributed by atoms with Crippen LogP contribution < -0.4 is 0 Å². The van der Waals surface area contributed by atoms with E-state index < -0.39 is 0 Å². The lowest BCUT2D eigenvalue weighted by Gasteiger charge is -2.17.